The summed E-state index contributed by atoms with van der Waals surface area (Å²) < 4.78 is 2.04. The van der Waals surface area contributed by atoms with Gasteiger partial charge in [-0.3, -0.25) is 4.68 Å². The van der Waals surface area contributed by atoms with Gasteiger partial charge in [0.1, 0.15) is 0 Å². The summed E-state index contributed by atoms with van der Waals surface area (Å²) >= 11 is 0. The molecule has 20 heavy (non-hydrogen) atoms. The zero-order chi connectivity index (χ0) is 14.4. The Morgan fingerprint density at radius 3 is 2.70 bits per heavy atom. The monoisotopic (exact) mass is 277 g/mol. The van der Waals surface area contributed by atoms with Gasteiger partial charge in [-0.25, -0.2) is 0 Å². The van der Waals surface area contributed by atoms with E-state index >= 15 is 0 Å². The molecule has 0 saturated heterocycles. The number of aromatic nitrogens is 2. The second kappa shape index (κ2) is 7.82. The third-order valence-electron chi connectivity index (χ3n) is 4.70. The van der Waals surface area contributed by atoms with Gasteiger partial charge in [-0.05, 0) is 38.3 Å². The van der Waals surface area contributed by atoms with Crippen LogP contribution < -0.4 is 5.32 Å². The molecule has 0 bridgehead atoms. The molecule has 1 aliphatic rings. The quantitative estimate of drug-likeness (QED) is 0.825. The molecule has 0 amide bonds. The molecule has 1 unspecified atom stereocenters. The number of likely N-dealkylation sites (N-methyl/N-ethyl adjacent to an activating group) is 1. The van der Waals surface area contributed by atoms with Crippen LogP contribution in [-0.4, -0.2) is 22.4 Å². The predicted molar refractivity (Wildman–Crippen MR) is 84.9 cm³/mol. The van der Waals surface area contributed by atoms with Crippen LogP contribution in [0.25, 0.3) is 0 Å². The van der Waals surface area contributed by atoms with Gasteiger partial charge in [0.05, 0.1) is 5.69 Å². The van der Waals surface area contributed by atoms with Crippen molar-refractivity contribution < 1.29 is 0 Å². The summed E-state index contributed by atoms with van der Waals surface area (Å²) in [6, 6.07) is 2.84. The third-order valence-corrected chi connectivity index (χ3v) is 4.70. The highest BCUT2D eigenvalue weighted by atomic mass is 15.3. The second-order valence-electron chi connectivity index (χ2n) is 6.44. The Morgan fingerprint density at radius 1 is 1.35 bits per heavy atom. The minimum atomic E-state index is 0.608. The van der Waals surface area contributed by atoms with E-state index in [-0.39, 0.29) is 0 Å². The van der Waals surface area contributed by atoms with Crippen molar-refractivity contribution in [2.24, 2.45) is 13.0 Å². The molecule has 114 valence electrons. The molecule has 1 aliphatic carbocycles. The number of nitrogens with zero attached hydrogens (tertiary/aromatic N) is 2. The first-order valence-electron chi connectivity index (χ1n) is 8.42. The second-order valence-corrected chi connectivity index (χ2v) is 6.44. The van der Waals surface area contributed by atoms with Crippen LogP contribution in [0.3, 0.4) is 0 Å². The van der Waals surface area contributed by atoms with Crippen molar-refractivity contribution in [3.05, 3.63) is 17.5 Å². The third kappa shape index (κ3) is 4.62. The normalized spacial score (nSPS) is 18.4. The molecule has 1 atom stereocenters. The lowest BCUT2D eigenvalue weighted by atomic mass is 9.85. The predicted octanol–water partition coefficient (Wildman–Crippen LogP) is 3.61. The van der Waals surface area contributed by atoms with E-state index in [0.717, 1.165) is 24.6 Å². The summed E-state index contributed by atoms with van der Waals surface area (Å²) in [4.78, 5) is 0. The lowest BCUT2D eigenvalue weighted by molar-refractivity contribution is 0.312. The SMILES string of the molecule is CCNC(CCC1CCCCC1)Cc1cc(C)nn1C. The Balaban J connectivity index is 1.84. The molecule has 3 nitrogen and oxygen atoms in total. The molecule has 1 fully saturated rings. The molecule has 0 aliphatic heterocycles. The fourth-order valence-electron chi connectivity index (χ4n) is 3.59. The molecular formula is C17H31N3. The summed E-state index contributed by atoms with van der Waals surface area (Å²) in [6.07, 6.45) is 11.1. The Kier molecular flexibility index (Phi) is 6.08. The molecule has 1 heterocycles. The summed E-state index contributed by atoms with van der Waals surface area (Å²) in [5.74, 6) is 0.984. The van der Waals surface area contributed by atoms with Gasteiger partial charge in [-0.2, -0.15) is 5.10 Å². The van der Waals surface area contributed by atoms with Gasteiger partial charge in [-0.15, -0.1) is 0 Å². The lowest BCUT2D eigenvalue weighted by Gasteiger charge is -2.24. The molecule has 2 rings (SSSR count). The standard InChI is InChI=1S/C17H31N3/c1-4-18-16(11-10-15-8-6-5-7-9-15)13-17-12-14(2)19-20(17)3/h12,15-16,18H,4-11,13H2,1-3H3. The van der Waals surface area contributed by atoms with Gasteiger partial charge in [0.25, 0.3) is 0 Å². The number of hydrogen-bond donors (Lipinski definition) is 1. The topological polar surface area (TPSA) is 29.9 Å². The number of aryl methyl sites for hydroxylation is 2. The van der Waals surface area contributed by atoms with E-state index in [1.807, 2.05) is 4.68 Å². The largest absolute Gasteiger partial charge is 0.314 e. The summed E-state index contributed by atoms with van der Waals surface area (Å²) in [6.45, 7) is 5.35. The molecule has 1 saturated carbocycles. The average Bonchev–Trinajstić information content (AvgIpc) is 2.76. The van der Waals surface area contributed by atoms with Crippen molar-refractivity contribution in [3.63, 3.8) is 0 Å². The van der Waals surface area contributed by atoms with E-state index in [0.29, 0.717) is 6.04 Å². The van der Waals surface area contributed by atoms with Gasteiger partial charge in [-0.1, -0.05) is 39.0 Å². The summed E-state index contributed by atoms with van der Waals surface area (Å²) in [7, 11) is 2.06. The number of hydrogen-bond acceptors (Lipinski definition) is 2. The summed E-state index contributed by atoms with van der Waals surface area (Å²) in [5, 5.41) is 8.13. The molecule has 3 heteroatoms. The first kappa shape index (κ1) is 15.6. The van der Waals surface area contributed by atoms with Crippen LogP contribution in [0.15, 0.2) is 6.07 Å². The van der Waals surface area contributed by atoms with Crippen molar-refractivity contribution in [1.29, 1.82) is 0 Å². The van der Waals surface area contributed by atoms with Crippen LogP contribution in [0.4, 0.5) is 0 Å². The Hall–Kier alpha value is -0.830. The van der Waals surface area contributed by atoms with Crippen LogP contribution in [0, 0.1) is 12.8 Å². The number of rotatable bonds is 7. The van der Waals surface area contributed by atoms with Crippen molar-refractivity contribution in [3.8, 4) is 0 Å². The van der Waals surface area contributed by atoms with E-state index in [4.69, 9.17) is 0 Å². The molecule has 1 aromatic rings. The van der Waals surface area contributed by atoms with Crippen molar-refractivity contribution in [2.45, 2.75) is 71.3 Å². The maximum absolute atomic E-state index is 4.46. The van der Waals surface area contributed by atoms with E-state index in [1.165, 1.54) is 50.6 Å². The van der Waals surface area contributed by atoms with Gasteiger partial charge in [0.15, 0.2) is 0 Å². The smallest absolute Gasteiger partial charge is 0.0596 e. The zero-order valence-electron chi connectivity index (χ0n) is 13.5. The van der Waals surface area contributed by atoms with Crippen LogP contribution in [-0.2, 0) is 13.5 Å². The Bertz CT molecular complexity index is 391. The Labute approximate surface area is 124 Å². The molecule has 0 spiro atoms. The van der Waals surface area contributed by atoms with Gasteiger partial charge in [0, 0.05) is 25.2 Å². The van der Waals surface area contributed by atoms with Crippen molar-refractivity contribution in [1.82, 2.24) is 15.1 Å². The average molecular weight is 277 g/mol. The maximum atomic E-state index is 4.46. The zero-order valence-corrected chi connectivity index (χ0v) is 13.5. The fourth-order valence-corrected chi connectivity index (χ4v) is 3.59. The van der Waals surface area contributed by atoms with Crippen LogP contribution in [0.2, 0.25) is 0 Å². The van der Waals surface area contributed by atoms with E-state index < -0.39 is 0 Å². The molecule has 1 aromatic heterocycles. The minimum absolute atomic E-state index is 0.608. The van der Waals surface area contributed by atoms with Crippen LogP contribution >= 0.6 is 0 Å². The molecular weight excluding hydrogens is 246 g/mol. The lowest BCUT2D eigenvalue weighted by Crippen LogP contribution is -2.32. The molecule has 0 aromatic carbocycles. The van der Waals surface area contributed by atoms with E-state index in [1.54, 1.807) is 0 Å². The first-order valence-corrected chi connectivity index (χ1v) is 8.42. The van der Waals surface area contributed by atoms with Crippen LogP contribution in [0.1, 0.15) is 63.3 Å². The Morgan fingerprint density at radius 2 is 2.10 bits per heavy atom. The van der Waals surface area contributed by atoms with Gasteiger partial charge in [0.2, 0.25) is 0 Å². The highest BCUT2D eigenvalue weighted by Gasteiger charge is 2.17. The van der Waals surface area contributed by atoms with E-state index in [2.05, 4.69) is 37.4 Å². The maximum Gasteiger partial charge on any atom is 0.0596 e. The van der Waals surface area contributed by atoms with Crippen molar-refractivity contribution in [2.75, 3.05) is 6.54 Å². The number of nitrogens with one attached hydrogen (secondary N) is 1. The minimum Gasteiger partial charge on any atom is -0.314 e. The van der Waals surface area contributed by atoms with Gasteiger partial charge < -0.3 is 5.32 Å². The summed E-state index contributed by atoms with van der Waals surface area (Å²) in [5.41, 5.74) is 2.49. The first-order chi connectivity index (χ1) is 9.69. The molecule has 1 N–H and O–H groups in total. The van der Waals surface area contributed by atoms with E-state index in [9.17, 15) is 0 Å². The fraction of sp³-hybridized carbons (Fsp3) is 0.824. The van der Waals surface area contributed by atoms with Gasteiger partial charge >= 0.3 is 0 Å². The van der Waals surface area contributed by atoms with Crippen molar-refractivity contribution >= 4 is 0 Å². The molecule has 0 radical (unpaired) electrons. The highest BCUT2D eigenvalue weighted by Crippen LogP contribution is 2.28. The highest BCUT2D eigenvalue weighted by molar-refractivity contribution is 5.10. The van der Waals surface area contributed by atoms with Crippen LogP contribution in [0.5, 0.6) is 0 Å².